The number of nitrogens with one attached hydrogen (secondary N) is 2. The van der Waals surface area contributed by atoms with E-state index in [-0.39, 0.29) is 10.1 Å². The molecule has 96 valence electrons. The van der Waals surface area contributed by atoms with E-state index in [1.54, 1.807) is 6.34 Å². The van der Waals surface area contributed by atoms with Gasteiger partial charge in [-0.15, -0.1) is 0 Å². The highest BCUT2D eigenvalue weighted by Gasteiger charge is 2.22. The summed E-state index contributed by atoms with van der Waals surface area (Å²) < 4.78 is 1.86. The van der Waals surface area contributed by atoms with Crippen LogP contribution in [0, 0.1) is 11.3 Å². The van der Waals surface area contributed by atoms with E-state index in [0.29, 0.717) is 6.42 Å². The molecule has 0 amide bonds. The fraction of sp³-hybridized carbons (Fsp3) is 0.250. The molecule has 2 aromatic rings. The molecule has 0 aliphatic carbocycles. The number of aliphatic imine (C=N–C) groups is 1. The zero-order valence-corrected chi connectivity index (χ0v) is 12.1. The molecule has 0 aromatic carbocycles. The Morgan fingerprint density at radius 3 is 3.32 bits per heavy atom. The summed E-state index contributed by atoms with van der Waals surface area (Å²) in [7, 11) is 0. The van der Waals surface area contributed by atoms with Crippen molar-refractivity contribution in [3.63, 3.8) is 0 Å². The molecule has 0 saturated heterocycles. The van der Waals surface area contributed by atoms with Gasteiger partial charge in [0.1, 0.15) is 15.9 Å². The van der Waals surface area contributed by atoms with Gasteiger partial charge in [-0.2, -0.15) is 10.4 Å². The van der Waals surface area contributed by atoms with E-state index >= 15 is 0 Å². The fourth-order valence-corrected chi connectivity index (χ4v) is 2.57. The Hall–Kier alpha value is -1.82. The lowest BCUT2D eigenvalue weighted by Crippen LogP contribution is -2.09. The second-order valence-corrected chi connectivity index (χ2v) is 5.62. The molecular weight excluding hydrogens is 355 g/mol. The predicted molar refractivity (Wildman–Crippen MR) is 80.3 cm³/mol. The number of anilines is 1. The van der Waals surface area contributed by atoms with Crippen LogP contribution in [0.15, 0.2) is 29.6 Å². The molecular formula is C12H11IN6. The molecule has 3 heterocycles. The van der Waals surface area contributed by atoms with Gasteiger partial charge in [0, 0.05) is 23.5 Å². The van der Waals surface area contributed by atoms with Crippen molar-refractivity contribution >= 4 is 34.7 Å². The quantitative estimate of drug-likeness (QED) is 0.647. The molecule has 0 bridgehead atoms. The average molecular weight is 366 g/mol. The molecule has 0 radical (unpaired) electrons. The van der Waals surface area contributed by atoms with Crippen molar-refractivity contribution in [2.75, 3.05) is 5.32 Å². The van der Waals surface area contributed by atoms with E-state index in [2.05, 4.69) is 49.1 Å². The summed E-state index contributed by atoms with van der Waals surface area (Å²) in [5.41, 5.74) is 2.13. The van der Waals surface area contributed by atoms with Gasteiger partial charge in [-0.25, -0.2) is 0 Å². The van der Waals surface area contributed by atoms with Crippen molar-refractivity contribution in [1.82, 2.24) is 14.8 Å². The first kappa shape index (κ1) is 12.2. The van der Waals surface area contributed by atoms with E-state index in [0.717, 1.165) is 16.9 Å². The van der Waals surface area contributed by atoms with Crippen LogP contribution in [-0.2, 0) is 0 Å². The third kappa shape index (κ3) is 2.23. The molecule has 0 spiro atoms. The highest BCUT2D eigenvalue weighted by Crippen LogP contribution is 2.33. The van der Waals surface area contributed by atoms with E-state index in [4.69, 9.17) is 5.26 Å². The standard InChI is InChI=1S/C12H11IN6/c13-10(1-3-14)19-6-8(5-18-19)11-9-2-4-15-12(9)17-7-16-11/h2,4-7,10-11,15H,1H2,(H,16,17). The molecule has 2 unspecified atom stereocenters. The summed E-state index contributed by atoms with van der Waals surface area (Å²) >= 11 is 2.21. The van der Waals surface area contributed by atoms with Crippen LogP contribution in [0.25, 0.3) is 0 Å². The lowest BCUT2D eigenvalue weighted by molar-refractivity contribution is 0.632. The Morgan fingerprint density at radius 2 is 2.47 bits per heavy atom. The number of fused-ring (bicyclic) bond motifs is 1. The van der Waals surface area contributed by atoms with Gasteiger partial charge in [-0.3, -0.25) is 9.67 Å². The van der Waals surface area contributed by atoms with Crippen molar-refractivity contribution in [1.29, 1.82) is 5.26 Å². The van der Waals surface area contributed by atoms with Crippen molar-refractivity contribution in [3.8, 4) is 6.07 Å². The number of alkyl halides is 1. The molecule has 2 N–H and O–H groups in total. The third-order valence-corrected chi connectivity index (χ3v) is 4.00. The minimum Gasteiger partial charge on any atom is -0.348 e. The second kappa shape index (κ2) is 5.05. The number of nitrogens with zero attached hydrogens (tertiary/aromatic N) is 4. The summed E-state index contributed by atoms with van der Waals surface area (Å²) in [6.45, 7) is 0. The Labute approximate surface area is 123 Å². The van der Waals surface area contributed by atoms with Crippen LogP contribution in [0.1, 0.15) is 27.6 Å². The Morgan fingerprint density at radius 1 is 1.58 bits per heavy atom. The van der Waals surface area contributed by atoms with Crippen LogP contribution >= 0.6 is 22.6 Å². The monoisotopic (exact) mass is 366 g/mol. The van der Waals surface area contributed by atoms with Gasteiger partial charge < -0.3 is 10.3 Å². The first-order chi connectivity index (χ1) is 9.29. The molecule has 2 atom stereocenters. The zero-order valence-electron chi connectivity index (χ0n) is 9.92. The van der Waals surface area contributed by atoms with Gasteiger partial charge in [0.05, 0.1) is 25.0 Å². The number of hydrogen-bond acceptors (Lipinski definition) is 4. The Balaban J connectivity index is 1.90. The molecule has 6 nitrogen and oxygen atoms in total. The number of H-pyrrole nitrogens is 1. The average Bonchev–Trinajstić information content (AvgIpc) is 3.07. The van der Waals surface area contributed by atoms with Crippen LogP contribution in [0.2, 0.25) is 0 Å². The Kier molecular flexibility index (Phi) is 3.25. The molecule has 3 rings (SSSR count). The topological polar surface area (TPSA) is 81.8 Å². The maximum atomic E-state index is 8.72. The van der Waals surface area contributed by atoms with Gasteiger partial charge in [0.2, 0.25) is 0 Å². The largest absolute Gasteiger partial charge is 0.348 e. The molecule has 0 fully saturated rings. The van der Waals surface area contributed by atoms with Crippen molar-refractivity contribution in [2.45, 2.75) is 16.5 Å². The van der Waals surface area contributed by atoms with Crippen LogP contribution in [0.5, 0.6) is 0 Å². The summed E-state index contributed by atoms with van der Waals surface area (Å²) in [4.78, 5) is 7.59. The van der Waals surface area contributed by atoms with E-state index in [9.17, 15) is 0 Å². The van der Waals surface area contributed by atoms with Gasteiger partial charge in [0.15, 0.2) is 0 Å². The lowest BCUT2D eigenvalue weighted by atomic mass is 10.0. The van der Waals surface area contributed by atoms with Crippen LogP contribution in [-0.4, -0.2) is 21.1 Å². The summed E-state index contributed by atoms with van der Waals surface area (Å²) in [6, 6.07) is 4.13. The smallest absolute Gasteiger partial charge is 0.116 e. The van der Waals surface area contributed by atoms with Gasteiger partial charge >= 0.3 is 0 Å². The SMILES string of the molecule is N#CCC(I)n1cc(C2N=CNc3[nH]ccc32)cn1. The van der Waals surface area contributed by atoms with Gasteiger partial charge in [0.25, 0.3) is 0 Å². The second-order valence-electron chi connectivity index (χ2n) is 4.18. The minimum atomic E-state index is -0.0399. The lowest BCUT2D eigenvalue weighted by Gasteiger charge is -2.16. The van der Waals surface area contributed by atoms with Crippen LogP contribution in [0.3, 0.4) is 0 Å². The fourth-order valence-electron chi connectivity index (χ4n) is 2.07. The van der Waals surface area contributed by atoms with E-state index in [1.165, 1.54) is 0 Å². The van der Waals surface area contributed by atoms with E-state index < -0.39 is 0 Å². The molecule has 0 saturated carbocycles. The molecule has 19 heavy (non-hydrogen) atoms. The third-order valence-electron chi connectivity index (χ3n) is 2.99. The van der Waals surface area contributed by atoms with Crippen molar-refractivity contribution in [3.05, 3.63) is 35.8 Å². The minimum absolute atomic E-state index is 0.0399. The van der Waals surface area contributed by atoms with Crippen LogP contribution in [0.4, 0.5) is 5.82 Å². The first-order valence-corrected chi connectivity index (χ1v) is 7.04. The molecule has 1 aliphatic rings. The number of rotatable bonds is 3. The molecule has 7 heteroatoms. The van der Waals surface area contributed by atoms with E-state index in [1.807, 2.05) is 29.3 Å². The zero-order chi connectivity index (χ0) is 13.2. The van der Waals surface area contributed by atoms with Crippen LogP contribution < -0.4 is 5.32 Å². The van der Waals surface area contributed by atoms with Gasteiger partial charge in [-0.05, 0) is 6.07 Å². The number of aromatic amines is 1. The highest BCUT2D eigenvalue weighted by molar-refractivity contribution is 14.1. The van der Waals surface area contributed by atoms with Crippen molar-refractivity contribution < 1.29 is 0 Å². The number of halogens is 1. The molecule has 2 aromatic heterocycles. The van der Waals surface area contributed by atoms with Gasteiger partial charge in [-0.1, -0.05) is 22.6 Å². The Bertz CT molecular complexity index is 649. The number of aromatic nitrogens is 3. The summed E-state index contributed by atoms with van der Waals surface area (Å²) in [6.07, 6.45) is 7.79. The maximum absolute atomic E-state index is 8.72. The summed E-state index contributed by atoms with van der Waals surface area (Å²) in [5, 5.41) is 16.1. The maximum Gasteiger partial charge on any atom is 0.116 e. The number of hydrogen-bond donors (Lipinski definition) is 2. The first-order valence-electron chi connectivity index (χ1n) is 5.80. The number of nitriles is 1. The predicted octanol–water partition coefficient (Wildman–Crippen LogP) is 2.60. The molecule has 1 aliphatic heterocycles. The summed E-state index contributed by atoms with van der Waals surface area (Å²) in [5.74, 6) is 0.968. The van der Waals surface area contributed by atoms with Crippen molar-refractivity contribution in [2.24, 2.45) is 4.99 Å². The highest BCUT2D eigenvalue weighted by atomic mass is 127. The normalized spacial score (nSPS) is 18.4.